The Morgan fingerprint density at radius 1 is 1.45 bits per heavy atom. The smallest absolute Gasteiger partial charge is 0.272 e. The van der Waals surface area contributed by atoms with Crippen LogP contribution in [0.3, 0.4) is 0 Å². The van der Waals surface area contributed by atoms with E-state index in [-0.39, 0.29) is 23.8 Å². The molecule has 0 radical (unpaired) electrons. The summed E-state index contributed by atoms with van der Waals surface area (Å²) in [6.45, 7) is 1.93. The summed E-state index contributed by atoms with van der Waals surface area (Å²) in [5.74, 6) is 0.419. The molecule has 1 saturated carbocycles. The van der Waals surface area contributed by atoms with Gasteiger partial charge in [0, 0.05) is 23.9 Å². The zero-order valence-electron chi connectivity index (χ0n) is 12.5. The van der Waals surface area contributed by atoms with Crippen LogP contribution >= 0.6 is 11.3 Å². The highest BCUT2D eigenvalue weighted by Crippen LogP contribution is 2.30. The molecule has 6 nitrogen and oxygen atoms in total. The molecule has 0 spiro atoms. The first-order valence-corrected chi connectivity index (χ1v) is 8.11. The Kier molecular flexibility index (Phi) is 3.98. The van der Waals surface area contributed by atoms with Gasteiger partial charge in [0.15, 0.2) is 5.69 Å². The summed E-state index contributed by atoms with van der Waals surface area (Å²) >= 11 is 1.60. The van der Waals surface area contributed by atoms with Crippen LogP contribution in [-0.2, 0) is 11.8 Å². The fourth-order valence-electron chi connectivity index (χ4n) is 2.15. The third-order valence-electron chi connectivity index (χ3n) is 3.63. The fraction of sp³-hybridized carbons (Fsp3) is 0.400. The van der Waals surface area contributed by atoms with Crippen molar-refractivity contribution in [3.63, 3.8) is 0 Å². The summed E-state index contributed by atoms with van der Waals surface area (Å²) in [7, 11) is 1.71. The molecule has 116 valence electrons. The summed E-state index contributed by atoms with van der Waals surface area (Å²) in [4.78, 5) is 25.1. The number of rotatable bonds is 5. The summed E-state index contributed by atoms with van der Waals surface area (Å²) in [5, 5.41) is 11.9. The van der Waals surface area contributed by atoms with Crippen molar-refractivity contribution in [2.24, 2.45) is 13.0 Å². The van der Waals surface area contributed by atoms with Crippen LogP contribution in [0.15, 0.2) is 23.6 Å². The normalized spacial score (nSPS) is 15.4. The van der Waals surface area contributed by atoms with Gasteiger partial charge in [0.05, 0.1) is 6.04 Å². The van der Waals surface area contributed by atoms with Crippen molar-refractivity contribution in [1.29, 1.82) is 0 Å². The number of thiophene rings is 1. The van der Waals surface area contributed by atoms with Crippen molar-refractivity contribution >= 4 is 29.0 Å². The topological polar surface area (TPSA) is 76.0 Å². The van der Waals surface area contributed by atoms with Crippen molar-refractivity contribution in [3.8, 4) is 0 Å². The monoisotopic (exact) mass is 318 g/mol. The maximum atomic E-state index is 12.3. The van der Waals surface area contributed by atoms with Crippen LogP contribution < -0.4 is 10.6 Å². The van der Waals surface area contributed by atoms with Crippen LogP contribution in [0, 0.1) is 5.92 Å². The number of carbonyl (C=O) groups excluding carboxylic acids is 2. The number of aryl methyl sites for hydroxylation is 1. The predicted molar refractivity (Wildman–Crippen MR) is 84.8 cm³/mol. The number of hydrogen-bond donors (Lipinski definition) is 2. The van der Waals surface area contributed by atoms with Crippen molar-refractivity contribution in [2.75, 3.05) is 5.32 Å². The average molecular weight is 318 g/mol. The largest absolute Gasteiger partial charge is 0.343 e. The molecule has 2 heterocycles. The van der Waals surface area contributed by atoms with Crippen LogP contribution in [0.4, 0.5) is 5.82 Å². The fourth-order valence-corrected chi connectivity index (χ4v) is 2.88. The Hall–Kier alpha value is -2.15. The van der Waals surface area contributed by atoms with Crippen molar-refractivity contribution in [3.05, 3.63) is 34.2 Å². The van der Waals surface area contributed by atoms with Gasteiger partial charge in [0.1, 0.15) is 5.82 Å². The highest BCUT2D eigenvalue weighted by Gasteiger charge is 2.30. The number of amides is 2. The number of nitrogens with one attached hydrogen (secondary N) is 2. The molecule has 3 rings (SSSR count). The number of hydrogen-bond acceptors (Lipinski definition) is 4. The Morgan fingerprint density at radius 2 is 2.23 bits per heavy atom. The van der Waals surface area contributed by atoms with Gasteiger partial charge in [-0.1, -0.05) is 6.07 Å². The molecule has 0 aromatic carbocycles. The second kappa shape index (κ2) is 5.92. The summed E-state index contributed by atoms with van der Waals surface area (Å²) in [6, 6.07) is 5.47. The lowest BCUT2D eigenvalue weighted by Gasteiger charge is -2.10. The molecule has 2 N–H and O–H groups in total. The molecule has 1 unspecified atom stereocenters. The maximum Gasteiger partial charge on any atom is 0.272 e. The van der Waals surface area contributed by atoms with Gasteiger partial charge in [0.25, 0.3) is 5.91 Å². The third kappa shape index (κ3) is 3.19. The molecule has 1 atom stereocenters. The molecule has 0 bridgehead atoms. The highest BCUT2D eigenvalue weighted by atomic mass is 32.1. The summed E-state index contributed by atoms with van der Waals surface area (Å²) in [5.41, 5.74) is 0.303. The van der Waals surface area contributed by atoms with Gasteiger partial charge in [-0.2, -0.15) is 5.10 Å². The lowest BCUT2D eigenvalue weighted by atomic mass is 10.2. The molecule has 1 aliphatic carbocycles. The number of carbonyl (C=O) groups is 2. The molecule has 1 aliphatic rings. The minimum absolute atomic E-state index is 0.00177. The second-order valence-electron chi connectivity index (χ2n) is 5.51. The summed E-state index contributed by atoms with van der Waals surface area (Å²) in [6.07, 6.45) is 1.88. The first-order valence-electron chi connectivity index (χ1n) is 7.24. The van der Waals surface area contributed by atoms with Crippen molar-refractivity contribution in [1.82, 2.24) is 15.1 Å². The molecular weight excluding hydrogens is 300 g/mol. The molecule has 0 saturated heterocycles. The highest BCUT2D eigenvalue weighted by molar-refractivity contribution is 7.10. The van der Waals surface area contributed by atoms with E-state index in [4.69, 9.17) is 0 Å². The van der Waals surface area contributed by atoms with Crippen LogP contribution in [-0.4, -0.2) is 21.6 Å². The van der Waals surface area contributed by atoms with E-state index < -0.39 is 0 Å². The minimum atomic E-state index is -0.247. The van der Waals surface area contributed by atoms with E-state index in [1.807, 2.05) is 24.4 Å². The molecule has 0 aliphatic heterocycles. The van der Waals surface area contributed by atoms with Gasteiger partial charge in [0.2, 0.25) is 5.91 Å². The molecule has 22 heavy (non-hydrogen) atoms. The molecular formula is C15H18N4O2S. The van der Waals surface area contributed by atoms with Gasteiger partial charge >= 0.3 is 0 Å². The van der Waals surface area contributed by atoms with Gasteiger partial charge in [-0.3, -0.25) is 14.3 Å². The van der Waals surface area contributed by atoms with Crippen LogP contribution in [0.25, 0.3) is 0 Å². The van der Waals surface area contributed by atoms with Gasteiger partial charge in [-0.15, -0.1) is 11.3 Å². The SMILES string of the molecule is CC(NC(=O)c1cc(NC(=O)C2CC2)n(C)n1)c1cccs1. The zero-order valence-corrected chi connectivity index (χ0v) is 13.3. The molecule has 1 fully saturated rings. The number of nitrogens with zero attached hydrogens (tertiary/aromatic N) is 2. The van der Waals surface area contributed by atoms with E-state index in [0.29, 0.717) is 11.5 Å². The molecule has 7 heteroatoms. The quantitative estimate of drug-likeness (QED) is 0.888. The Balaban J connectivity index is 1.66. The van der Waals surface area contributed by atoms with E-state index in [1.54, 1.807) is 24.5 Å². The average Bonchev–Trinajstić information content (AvgIpc) is 3.06. The van der Waals surface area contributed by atoms with E-state index >= 15 is 0 Å². The van der Waals surface area contributed by atoms with E-state index in [2.05, 4.69) is 15.7 Å². The second-order valence-corrected chi connectivity index (χ2v) is 6.49. The van der Waals surface area contributed by atoms with Crippen molar-refractivity contribution < 1.29 is 9.59 Å². The predicted octanol–water partition coefficient (Wildman–Crippen LogP) is 2.32. The van der Waals surface area contributed by atoms with Gasteiger partial charge in [-0.25, -0.2) is 0 Å². The Bertz CT molecular complexity index is 688. The lowest BCUT2D eigenvalue weighted by molar-refractivity contribution is -0.117. The van der Waals surface area contributed by atoms with Gasteiger partial charge in [-0.05, 0) is 31.2 Å². The maximum absolute atomic E-state index is 12.3. The zero-order chi connectivity index (χ0) is 15.7. The standard InChI is InChI=1S/C15H18N4O2S/c1-9(12-4-3-7-22-12)16-15(21)11-8-13(19(2)18-11)17-14(20)10-5-6-10/h3-4,7-10H,5-6H2,1-2H3,(H,16,21)(H,17,20). The molecule has 2 amide bonds. The Labute approximate surface area is 132 Å². The van der Waals surface area contributed by atoms with Gasteiger partial charge < -0.3 is 10.6 Å². The van der Waals surface area contributed by atoms with Crippen LogP contribution in [0.1, 0.15) is 41.2 Å². The van der Waals surface area contributed by atoms with Crippen LogP contribution in [0.5, 0.6) is 0 Å². The molecule has 2 aromatic rings. The lowest BCUT2D eigenvalue weighted by Crippen LogP contribution is -2.26. The van der Waals surface area contributed by atoms with E-state index in [0.717, 1.165) is 17.7 Å². The Morgan fingerprint density at radius 3 is 2.86 bits per heavy atom. The third-order valence-corrected chi connectivity index (χ3v) is 4.68. The molecule has 2 aromatic heterocycles. The first kappa shape index (κ1) is 14.8. The summed E-state index contributed by atoms with van der Waals surface area (Å²) < 4.78 is 1.52. The number of anilines is 1. The van der Waals surface area contributed by atoms with E-state index in [1.165, 1.54) is 4.68 Å². The first-order chi connectivity index (χ1) is 10.5. The van der Waals surface area contributed by atoms with E-state index in [9.17, 15) is 9.59 Å². The van der Waals surface area contributed by atoms with Crippen molar-refractivity contribution in [2.45, 2.75) is 25.8 Å². The van der Waals surface area contributed by atoms with Crippen LogP contribution in [0.2, 0.25) is 0 Å². The number of aromatic nitrogens is 2. The minimum Gasteiger partial charge on any atom is -0.343 e.